The fourth-order valence-electron chi connectivity index (χ4n) is 12.1. The zero-order chi connectivity index (χ0) is 72.0. The van der Waals surface area contributed by atoms with Crippen LogP contribution in [0.2, 0.25) is 0 Å². The number of aliphatic hydroxyl groups is 1. The van der Waals surface area contributed by atoms with Gasteiger partial charge in [-0.05, 0) is 93.4 Å². The van der Waals surface area contributed by atoms with Crippen molar-refractivity contribution in [3.8, 4) is 0 Å². The second kappa shape index (κ2) is 37.9. The highest BCUT2D eigenvalue weighted by Gasteiger charge is 2.44. The Balaban J connectivity index is 1.37. The Hall–Kier alpha value is -8.30. The maximum atomic E-state index is 14.8. The third kappa shape index (κ3) is 22.9. The number of aliphatic hydroxyl groups excluding tert-OH is 1. The van der Waals surface area contributed by atoms with E-state index in [0.29, 0.717) is 36.9 Å². The highest BCUT2D eigenvalue weighted by molar-refractivity contribution is 6.13. The Morgan fingerprint density at radius 3 is 1.93 bits per heavy atom. The summed E-state index contributed by atoms with van der Waals surface area (Å²) in [6.45, 7) is 21.3. The van der Waals surface area contributed by atoms with Gasteiger partial charge in [-0.25, -0.2) is 4.79 Å². The van der Waals surface area contributed by atoms with Gasteiger partial charge in [-0.1, -0.05) is 111 Å². The zero-order valence-electron chi connectivity index (χ0n) is 58.6. The Kier molecular flexibility index (Phi) is 31.6. The second-order valence-electron chi connectivity index (χ2n) is 26.4. The van der Waals surface area contributed by atoms with Crippen molar-refractivity contribution in [1.29, 1.82) is 0 Å². The molecule has 0 saturated carbocycles. The number of anilines is 1. The van der Waals surface area contributed by atoms with Gasteiger partial charge in [0.25, 0.3) is 11.8 Å². The molecule has 1 unspecified atom stereocenters. The number of imide groups is 1. The summed E-state index contributed by atoms with van der Waals surface area (Å²) in [5.74, 6) is -8.86. The van der Waals surface area contributed by atoms with E-state index in [-0.39, 0.29) is 68.2 Å². The maximum absolute atomic E-state index is 14.8. The zero-order valence-corrected chi connectivity index (χ0v) is 58.6. The van der Waals surface area contributed by atoms with Crippen LogP contribution in [-0.4, -0.2) is 203 Å². The van der Waals surface area contributed by atoms with Crippen LogP contribution < -0.4 is 31.9 Å². The predicted octanol–water partition coefficient (Wildman–Crippen LogP) is 4.53. The van der Waals surface area contributed by atoms with E-state index in [1.165, 1.54) is 45.2 Å². The first kappa shape index (κ1) is 80.1. The van der Waals surface area contributed by atoms with Gasteiger partial charge in [0.15, 0.2) is 0 Å². The quantitative estimate of drug-likeness (QED) is 0.0431. The highest BCUT2D eigenvalue weighted by atomic mass is 16.6. The summed E-state index contributed by atoms with van der Waals surface area (Å²) in [6, 6.07) is 5.84. The van der Waals surface area contributed by atoms with Crippen molar-refractivity contribution in [3.63, 3.8) is 0 Å². The normalized spacial score (nSPS) is 17.6. The van der Waals surface area contributed by atoms with Crippen molar-refractivity contribution in [2.45, 2.75) is 208 Å². The fraction of sp³-hybridized carbons (Fsp3) is 0.623. The number of carboxylic acids is 1. The number of aryl methyl sites for hydroxylation is 1. The molecule has 4 rings (SSSR count). The minimum atomic E-state index is -1.39. The van der Waals surface area contributed by atoms with Crippen LogP contribution in [0.3, 0.4) is 0 Å². The number of carboxylic acid groups (broad SMARTS) is 1. The number of nitrogens with one attached hydrogen (secondary N) is 6. The first-order valence-corrected chi connectivity index (χ1v) is 33.1. The highest BCUT2D eigenvalue weighted by Crippen LogP contribution is 2.31. The number of benzene rings is 2. The van der Waals surface area contributed by atoms with Crippen molar-refractivity contribution in [1.82, 2.24) is 46.2 Å². The van der Waals surface area contributed by atoms with E-state index in [0.717, 1.165) is 27.5 Å². The summed E-state index contributed by atoms with van der Waals surface area (Å²) < 4.78 is 17.7. The van der Waals surface area contributed by atoms with Gasteiger partial charge < -0.3 is 66.1 Å². The minimum absolute atomic E-state index is 0.0935. The van der Waals surface area contributed by atoms with Crippen LogP contribution in [0, 0.1) is 36.5 Å². The van der Waals surface area contributed by atoms with Gasteiger partial charge in [0.1, 0.15) is 36.8 Å². The maximum Gasteiger partial charge on any atom is 0.410 e. The van der Waals surface area contributed by atoms with Gasteiger partial charge in [0.2, 0.25) is 47.3 Å². The summed E-state index contributed by atoms with van der Waals surface area (Å²) >= 11 is 0. The standard InChI is InChI=1S/C69H104N10O17/c1-17-42(9)60(52(94-15)36-56(83)78-32-19-22-51(78)62(95-16)43(10)63(87)70-44(11)61(86)47-21-18-20-41(8)35-47)76(13)68(92)58(39(4)5)75-67(91)59(40(6)7)77(14)69(93)96-37-46-23-25-48(26-24-46)72-65(89)49(27-30-57(84)85)74-64(88)45(12)71-66(90)50(34-38(2)3)73-53(80)31-33-79-54(81)28-29-55(79)82/h18,20-21,23-26,28-29,35,38-40,42-45,49-52,58-62,86H,17,19,22,27,30-34,36-37H2,1-16H3,(H,70,87)(H,71,90)(H,72,89)(H,73,80)(H,74,88)(H,75,91)(H,84,85)/t42-,43+,44+,45-,49-,50+,51-,52+,58-,59?,60-,61+,62+/m0/s1. The summed E-state index contributed by atoms with van der Waals surface area (Å²) in [5, 5.41) is 36.7. The molecule has 0 aromatic heterocycles. The first-order valence-electron chi connectivity index (χ1n) is 33.1. The van der Waals surface area contributed by atoms with E-state index in [9.17, 15) is 67.7 Å². The predicted molar refractivity (Wildman–Crippen MR) is 357 cm³/mol. The number of amides is 11. The van der Waals surface area contributed by atoms with E-state index in [1.807, 2.05) is 52.8 Å². The SMILES string of the molecule is CC[C@H](C)[C@@H]([C@@H](CC(=O)N1CCC[C@H]1[C@H](OC)[C@@H](C)C(=O)N[C@H](C)[C@@H](O)c1cccc(C)c1)OC)N(C)C(=O)[C@@H](NC(=O)C(C(C)C)N(C)C(=O)OCc1ccc(NC(=O)[C@H](CCC(=O)O)NC(=O)[C@H](C)NC(=O)[C@@H](CC(C)C)NC(=O)CCN2C(=O)C=CC2=O)cc1)C(C)C. The van der Waals surface area contributed by atoms with Gasteiger partial charge in [0, 0.05) is 72.1 Å². The Bertz CT molecular complexity index is 3050. The lowest BCUT2D eigenvalue weighted by Gasteiger charge is -2.41. The third-order valence-electron chi connectivity index (χ3n) is 17.8. The summed E-state index contributed by atoms with van der Waals surface area (Å²) in [6.07, 6.45) is -0.309. The molecular weight excluding hydrogens is 1240 g/mol. The molecule has 0 spiro atoms. The van der Waals surface area contributed by atoms with Crippen LogP contribution in [0.1, 0.15) is 150 Å². The Morgan fingerprint density at radius 1 is 0.719 bits per heavy atom. The lowest BCUT2D eigenvalue weighted by molar-refractivity contribution is -0.148. The van der Waals surface area contributed by atoms with E-state index in [4.69, 9.17) is 14.2 Å². The van der Waals surface area contributed by atoms with E-state index >= 15 is 0 Å². The Labute approximate surface area is 564 Å². The number of likely N-dealkylation sites (N-methyl/N-ethyl adjacent to an activating group) is 2. The van der Waals surface area contributed by atoms with Crippen molar-refractivity contribution in [2.75, 3.05) is 46.7 Å². The molecule has 2 aliphatic rings. The molecule has 11 amide bonds. The van der Waals surface area contributed by atoms with Crippen LogP contribution >= 0.6 is 0 Å². The molecular formula is C69H104N10O17. The number of carbonyl (C=O) groups excluding carboxylic acids is 11. The lowest BCUT2D eigenvalue weighted by atomic mass is 9.89. The molecule has 96 heavy (non-hydrogen) atoms. The van der Waals surface area contributed by atoms with E-state index in [2.05, 4.69) is 31.9 Å². The van der Waals surface area contributed by atoms with Gasteiger partial charge >= 0.3 is 12.1 Å². The summed E-state index contributed by atoms with van der Waals surface area (Å²) in [5.41, 5.74) is 2.35. The van der Waals surface area contributed by atoms with Gasteiger partial charge in [0.05, 0.1) is 48.8 Å². The molecule has 0 bridgehead atoms. The molecule has 27 nitrogen and oxygen atoms in total. The largest absolute Gasteiger partial charge is 0.481 e. The second-order valence-corrected chi connectivity index (χ2v) is 26.4. The lowest BCUT2D eigenvalue weighted by Crippen LogP contribution is -2.60. The van der Waals surface area contributed by atoms with Gasteiger partial charge in [-0.15, -0.1) is 0 Å². The molecule has 0 aliphatic carbocycles. The van der Waals surface area contributed by atoms with E-state index < -0.39 is 150 Å². The van der Waals surface area contributed by atoms with Crippen LogP contribution in [0.5, 0.6) is 0 Å². The molecule has 1 saturated heterocycles. The van der Waals surface area contributed by atoms with Crippen molar-refractivity contribution < 1.29 is 82.0 Å². The number of hydrogen-bond donors (Lipinski definition) is 8. The average Bonchev–Trinajstić information content (AvgIpc) is 1.17. The number of rotatable bonds is 37. The van der Waals surface area contributed by atoms with Crippen molar-refractivity contribution in [2.24, 2.45) is 29.6 Å². The molecule has 27 heteroatoms. The smallest absolute Gasteiger partial charge is 0.410 e. The molecule has 0 radical (unpaired) electrons. The first-order chi connectivity index (χ1) is 45.1. The van der Waals surface area contributed by atoms with Gasteiger partial charge in [-0.2, -0.15) is 0 Å². The molecule has 532 valence electrons. The van der Waals surface area contributed by atoms with Crippen LogP contribution in [0.4, 0.5) is 10.5 Å². The molecule has 1 fully saturated rings. The molecule has 2 heterocycles. The molecule has 2 aliphatic heterocycles. The third-order valence-corrected chi connectivity index (χ3v) is 17.8. The Morgan fingerprint density at radius 2 is 1.36 bits per heavy atom. The molecule has 2 aromatic rings. The number of likely N-dealkylation sites (tertiary alicyclic amines) is 1. The fourth-order valence-corrected chi connectivity index (χ4v) is 12.1. The van der Waals surface area contributed by atoms with Crippen LogP contribution in [-0.2, 0) is 73.6 Å². The number of ether oxygens (including phenoxy) is 3. The number of aliphatic carboxylic acids is 1. The number of hydrogen-bond acceptors (Lipinski definition) is 16. The molecule has 13 atom stereocenters. The monoisotopic (exact) mass is 1340 g/mol. The summed E-state index contributed by atoms with van der Waals surface area (Å²) in [4.78, 5) is 165. The van der Waals surface area contributed by atoms with Crippen molar-refractivity contribution >= 4 is 76.8 Å². The average molecular weight is 1350 g/mol. The van der Waals surface area contributed by atoms with Gasteiger partial charge in [-0.3, -0.25) is 62.5 Å². The van der Waals surface area contributed by atoms with Crippen LogP contribution in [0.15, 0.2) is 60.7 Å². The van der Waals surface area contributed by atoms with Crippen LogP contribution in [0.25, 0.3) is 0 Å². The molecule has 8 N–H and O–H groups in total. The topological polar surface area (TPSA) is 358 Å². The van der Waals surface area contributed by atoms with Crippen molar-refractivity contribution in [3.05, 3.63) is 77.4 Å². The van der Waals surface area contributed by atoms with E-state index in [1.54, 1.807) is 71.7 Å². The summed E-state index contributed by atoms with van der Waals surface area (Å²) in [7, 11) is 6.02. The number of carbonyl (C=O) groups is 12. The molecule has 2 aromatic carbocycles. The minimum Gasteiger partial charge on any atom is -0.481 e. The number of methoxy groups -OCH3 is 2. The number of nitrogens with zero attached hydrogens (tertiary/aromatic N) is 4.